The molecule has 278 valence electrons. The molecule has 1 aliphatic heterocycles. The third-order valence-electron chi connectivity index (χ3n) is 10.6. The van der Waals surface area contributed by atoms with Gasteiger partial charge in [0.2, 0.25) is 0 Å². The molecule has 0 saturated carbocycles. The van der Waals surface area contributed by atoms with E-state index in [1.807, 2.05) is 103 Å². The van der Waals surface area contributed by atoms with Crippen molar-refractivity contribution < 1.29 is 38.3 Å². The van der Waals surface area contributed by atoms with Crippen molar-refractivity contribution in [3.63, 3.8) is 0 Å². The second-order valence-corrected chi connectivity index (χ2v) is 14.2. The van der Waals surface area contributed by atoms with Crippen LogP contribution >= 0.6 is 11.6 Å². The first-order chi connectivity index (χ1) is 25.6. The smallest absolute Gasteiger partial charge is 0.272 e. The first-order valence-electron chi connectivity index (χ1n) is 17.8. The summed E-state index contributed by atoms with van der Waals surface area (Å²) in [5.41, 5.74) is 1.34. The largest absolute Gasteiger partial charge is 0.488 e. The summed E-state index contributed by atoms with van der Waals surface area (Å²) >= 11 is 6.83. The molecule has 5 aromatic carbocycles. The molecule has 3 N–H and O–H groups in total. The van der Waals surface area contributed by atoms with Crippen LogP contribution in [0.1, 0.15) is 33.4 Å². The monoisotopic (exact) mass is 742 g/mol. The minimum Gasteiger partial charge on any atom is -0.488 e. The number of benzene rings is 5. The zero-order valence-electron chi connectivity index (χ0n) is 29.6. The van der Waals surface area contributed by atoms with Crippen LogP contribution in [0.2, 0.25) is 5.02 Å². The van der Waals surface area contributed by atoms with Crippen LogP contribution in [-0.2, 0) is 40.9 Å². The van der Waals surface area contributed by atoms with Crippen molar-refractivity contribution in [2.45, 2.75) is 49.1 Å². The lowest BCUT2D eigenvalue weighted by Gasteiger charge is -2.62. The fraction of sp³-hybridized carbons (Fsp3) is 0.318. The van der Waals surface area contributed by atoms with Crippen molar-refractivity contribution in [2.24, 2.45) is 11.8 Å². The van der Waals surface area contributed by atoms with Crippen LogP contribution in [0.15, 0.2) is 133 Å². The molecular weight excluding hydrogens is 698 g/mol. The molecule has 6 rings (SSSR count). The van der Waals surface area contributed by atoms with Gasteiger partial charge >= 0.3 is 0 Å². The molecule has 6 nitrogen and oxygen atoms in total. The maximum Gasteiger partial charge on any atom is 0.272 e. The lowest BCUT2D eigenvalue weighted by atomic mass is 9.58. The van der Waals surface area contributed by atoms with Crippen LogP contribution in [0.5, 0.6) is 5.75 Å². The number of halogens is 3. The summed E-state index contributed by atoms with van der Waals surface area (Å²) < 4.78 is 44.2. The topological polar surface area (TPSA) is 88.4 Å². The molecule has 0 bridgehead atoms. The number of hydrogen-bond acceptors (Lipinski definition) is 6. The van der Waals surface area contributed by atoms with Crippen molar-refractivity contribution in [1.82, 2.24) is 0 Å². The summed E-state index contributed by atoms with van der Waals surface area (Å²) in [6.45, 7) is -2.07. The number of methoxy groups -OCH3 is 1. The van der Waals surface area contributed by atoms with E-state index in [9.17, 15) is 24.1 Å². The van der Waals surface area contributed by atoms with Crippen molar-refractivity contribution in [3.05, 3.63) is 172 Å². The maximum atomic E-state index is 13.3. The third kappa shape index (κ3) is 8.19. The number of alkyl halides is 2. The average Bonchev–Trinajstić information content (AvgIpc) is 3.18. The molecule has 53 heavy (non-hydrogen) atoms. The predicted molar refractivity (Wildman–Crippen MR) is 201 cm³/mol. The van der Waals surface area contributed by atoms with Gasteiger partial charge in [-0.3, -0.25) is 0 Å². The van der Waals surface area contributed by atoms with Gasteiger partial charge in [0.05, 0.1) is 13.2 Å². The Hall–Kier alpha value is -4.15. The second kappa shape index (κ2) is 16.9. The highest BCUT2D eigenvalue weighted by molar-refractivity contribution is 6.31. The Labute approximate surface area is 314 Å². The summed E-state index contributed by atoms with van der Waals surface area (Å²) in [6, 6.07) is 41.7. The Morgan fingerprint density at radius 1 is 0.717 bits per heavy atom. The van der Waals surface area contributed by atoms with E-state index in [0.717, 1.165) is 27.8 Å². The molecule has 0 radical (unpaired) electrons. The number of aliphatic hydroxyl groups excluding tert-OH is 2. The van der Waals surface area contributed by atoms with Crippen molar-refractivity contribution in [1.29, 1.82) is 0 Å². The fourth-order valence-electron chi connectivity index (χ4n) is 7.89. The SMILES string of the molecule is CO[C@]1(c2ccc(Cl)c(Cc3ccc(OCC(F)F)cc3)c2)OC(CO)(CO)[C@](O)(Cc2ccccc2)[C@@H](Cc2ccccc2)[C@H]1Cc1ccccc1. The standard InChI is InChI=1S/C44H45ClF2O6/c1-51-44(36-19-22-40(45)35(26-36)23-33-17-20-37(21-18-33)52-28-41(46)47)39(25-32-13-7-3-8-14-32)38(24-31-11-5-2-6-12-31)43(50,42(29-48,30-49)53-44)27-34-15-9-4-10-16-34/h2-22,26,38-39,41,48-50H,23-25,27-30H2,1H3/t38-,39+,43-,44+/m0/s1. The van der Waals surface area contributed by atoms with E-state index >= 15 is 0 Å². The number of ether oxygens (including phenoxy) is 3. The molecule has 1 fully saturated rings. The van der Waals surface area contributed by atoms with Crippen molar-refractivity contribution in [3.8, 4) is 5.75 Å². The van der Waals surface area contributed by atoms with Gasteiger partial charge in [-0.05, 0) is 71.3 Å². The maximum absolute atomic E-state index is 13.3. The molecule has 0 aromatic heterocycles. The number of hydrogen-bond donors (Lipinski definition) is 3. The zero-order valence-corrected chi connectivity index (χ0v) is 30.3. The van der Waals surface area contributed by atoms with E-state index in [4.69, 9.17) is 25.8 Å². The van der Waals surface area contributed by atoms with E-state index in [-0.39, 0.29) is 6.42 Å². The second-order valence-electron chi connectivity index (χ2n) is 13.8. The fourth-order valence-corrected chi connectivity index (χ4v) is 8.08. The molecule has 0 aliphatic carbocycles. The first kappa shape index (κ1) is 38.6. The lowest BCUT2D eigenvalue weighted by molar-refractivity contribution is -0.411. The van der Waals surface area contributed by atoms with E-state index in [1.165, 1.54) is 0 Å². The molecular formula is C44H45ClF2O6. The Bertz CT molecular complexity index is 1890. The third-order valence-corrected chi connectivity index (χ3v) is 11.0. The first-order valence-corrected chi connectivity index (χ1v) is 18.1. The summed E-state index contributed by atoms with van der Waals surface area (Å²) in [5, 5.41) is 36.4. The average molecular weight is 743 g/mol. The van der Waals surface area contributed by atoms with Crippen LogP contribution in [-0.4, -0.2) is 59.9 Å². The Balaban J connectivity index is 1.51. The molecule has 4 atom stereocenters. The predicted octanol–water partition coefficient (Wildman–Crippen LogP) is 7.82. The molecule has 5 aromatic rings. The van der Waals surface area contributed by atoms with Gasteiger partial charge in [-0.1, -0.05) is 121 Å². The highest BCUT2D eigenvalue weighted by Gasteiger charge is 2.68. The van der Waals surface area contributed by atoms with Crippen LogP contribution in [0.4, 0.5) is 8.78 Å². The van der Waals surface area contributed by atoms with Gasteiger partial charge in [0, 0.05) is 36.0 Å². The van der Waals surface area contributed by atoms with E-state index in [1.54, 1.807) is 37.4 Å². The molecule has 1 heterocycles. The summed E-state index contributed by atoms with van der Waals surface area (Å²) in [6.07, 6.45) is -1.27. The van der Waals surface area contributed by atoms with Gasteiger partial charge in [0.25, 0.3) is 6.43 Å². The minimum atomic E-state index is -2.57. The Morgan fingerprint density at radius 2 is 1.26 bits per heavy atom. The molecule has 0 unspecified atom stereocenters. The summed E-state index contributed by atoms with van der Waals surface area (Å²) in [5.74, 6) is -2.44. The summed E-state index contributed by atoms with van der Waals surface area (Å²) in [7, 11) is 1.55. The Kier molecular flexibility index (Phi) is 12.3. The minimum absolute atomic E-state index is 0.0977. The van der Waals surface area contributed by atoms with Gasteiger partial charge in [0.15, 0.2) is 5.79 Å². The van der Waals surface area contributed by atoms with Crippen LogP contribution in [0.3, 0.4) is 0 Å². The van der Waals surface area contributed by atoms with E-state index < -0.39 is 55.1 Å². The summed E-state index contributed by atoms with van der Waals surface area (Å²) in [4.78, 5) is 0. The van der Waals surface area contributed by atoms with Gasteiger partial charge in [-0.2, -0.15) is 0 Å². The molecule has 1 aliphatic rings. The lowest BCUT2D eigenvalue weighted by Crippen LogP contribution is -2.75. The van der Waals surface area contributed by atoms with Gasteiger partial charge in [0.1, 0.15) is 23.6 Å². The quantitative estimate of drug-likeness (QED) is 0.101. The van der Waals surface area contributed by atoms with E-state index in [2.05, 4.69) is 0 Å². The Morgan fingerprint density at radius 3 is 1.79 bits per heavy atom. The van der Waals surface area contributed by atoms with E-state index in [0.29, 0.717) is 35.6 Å². The molecule has 9 heteroatoms. The van der Waals surface area contributed by atoms with Crippen LogP contribution in [0.25, 0.3) is 0 Å². The normalized spacial score (nSPS) is 22.5. The van der Waals surface area contributed by atoms with Crippen LogP contribution in [0, 0.1) is 11.8 Å². The number of aliphatic hydroxyl groups is 3. The highest BCUT2D eigenvalue weighted by atomic mass is 35.5. The number of rotatable bonds is 15. The van der Waals surface area contributed by atoms with Crippen molar-refractivity contribution >= 4 is 11.6 Å². The van der Waals surface area contributed by atoms with Gasteiger partial charge < -0.3 is 29.5 Å². The van der Waals surface area contributed by atoms with Crippen LogP contribution < -0.4 is 4.74 Å². The van der Waals surface area contributed by atoms with Gasteiger partial charge in [-0.25, -0.2) is 8.78 Å². The molecule has 0 amide bonds. The highest BCUT2D eigenvalue weighted by Crippen LogP contribution is 2.57. The van der Waals surface area contributed by atoms with Crippen molar-refractivity contribution in [2.75, 3.05) is 26.9 Å². The zero-order chi connectivity index (χ0) is 37.5. The van der Waals surface area contributed by atoms with Gasteiger partial charge in [-0.15, -0.1) is 0 Å². The molecule has 1 saturated heterocycles. The molecule has 0 spiro atoms.